The summed E-state index contributed by atoms with van der Waals surface area (Å²) in [7, 11) is 0. The first-order chi connectivity index (χ1) is 14.8. The number of rotatable bonds is 5. The second-order valence-corrected chi connectivity index (χ2v) is 8.18. The van der Waals surface area contributed by atoms with Gasteiger partial charge >= 0.3 is 6.36 Å². The van der Waals surface area contributed by atoms with Crippen molar-refractivity contribution in [3.63, 3.8) is 0 Å². The van der Waals surface area contributed by atoms with Crippen molar-refractivity contribution in [2.45, 2.75) is 12.9 Å². The predicted molar refractivity (Wildman–Crippen MR) is 116 cm³/mol. The number of hydrogen-bond acceptors (Lipinski definition) is 5. The van der Waals surface area contributed by atoms with Gasteiger partial charge in [0.1, 0.15) is 21.6 Å². The summed E-state index contributed by atoms with van der Waals surface area (Å²) in [5.74, 6) is -0.120. The topological polar surface area (TPSA) is 42.7 Å². The summed E-state index contributed by atoms with van der Waals surface area (Å²) in [6.45, 7) is 0.356. The van der Waals surface area contributed by atoms with Gasteiger partial charge in [-0.1, -0.05) is 66.4 Å². The fourth-order valence-corrected chi connectivity index (χ4v) is 4.23. The molecular formula is C22H14F3NO3S2. The van der Waals surface area contributed by atoms with Gasteiger partial charge in [0.15, 0.2) is 0 Å². The number of amides is 1. The Balaban J connectivity index is 1.55. The van der Waals surface area contributed by atoms with Gasteiger partial charge in [-0.15, -0.1) is 13.2 Å². The maximum atomic E-state index is 12.8. The first-order valence-corrected chi connectivity index (χ1v) is 10.3. The van der Waals surface area contributed by atoms with Gasteiger partial charge < -0.3 is 9.15 Å². The van der Waals surface area contributed by atoms with Gasteiger partial charge in [0, 0.05) is 6.08 Å². The van der Waals surface area contributed by atoms with E-state index >= 15 is 0 Å². The number of halogens is 3. The van der Waals surface area contributed by atoms with Crippen LogP contribution in [0.1, 0.15) is 11.3 Å². The Hall–Kier alpha value is -3.04. The minimum atomic E-state index is -4.82. The molecule has 1 aliphatic rings. The lowest BCUT2D eigenvalue weighted by atomic mass is 10.1. The Morgan fingerprint density at radius 3 is 2.48 bits per heavy atom. The molecule has 0 atom stereocenters. The lowest BCUT2D eigenvalue weighted by molar-refractivity contribution is -0.274. The molecule has 31 heavy (non-hydrogen) atoms. The van der Waals surface area contributed by atoms with Crippen molar-refractivity contribution in [2.24, 2.45) is 0 Å². The molecule has 2 aromatic carbocycles. The van der Waals surface area contributed by atoms with Crippen LogP contribution in [0.5, 0.6) is 5.75 Å². The summed E-state index contributed by atoms with van der Waals surface area (Å²) >= 11 is 6.48. The van der Waals surface area contributed by atoms with Crippen molar-refractivity contribution in [1.82, 2.24) is 4.90 Å². The van der Waals surface area contributed by atoms with Gasteiger partial charge in [-0.25, -0.2) is 0 Å². The Labute approximate surface area is 185 Å². The minimum absolute atomic E-state index is 0.149. The van der Waals surface area contributed by atoms with E-state index in [0.29, 0.717) is 21.5 Å². The number of nitrogens with zero attached hydrogens (tertiary/aromatic N) is 1. The fraction of sp³-hybridized carbons (Fsp3) is 0.0909. The third-order valence-corrected chi connectivity index (χ3v) is 5.71. The summed E-state index contributed by atoms with van der Waals surface area (Å²) in [6.07, 6.45) is -3.29. The van der Waals surface area contributed by atoms with E-state index in [2.05, 4.69) is 4.74 Å². The molecule has 1 aliphatic heterocycles. The summed E-state index contributed by atoms with van der Waals surface area (Å²) < 4.78 is 48.2. The van der Waals surface area contributed by atoms with Crippen molar-refractivity contribution in [2.75, 3.05) is 0 Å². The van der Waals surface area contributed by atoms with Crippen molar-refractivity contribution in [3.05, 3.63) is 83.0 Å². The Bertz CT molecular complexity index is 1160. The quantitative estimate of drug-likeness (QED) is 0.332. The lowest BCUT2D eigenvalue weighted by Crippen LogP contribution is -2.27. The molecular weight excluding hydrogens is 447 g/mol. The van der Waals surface area contributed by atoms with Crippen LogP contribution in [0, 0.1) is 0 Å². The molecule has 0 radical (unpaired) electrons. The second-order valence-electron chi connectivity index (χ2n) is 6.50. The number of benzene rings is 2. The molecule has 4 rings (SSSR count). The molecule has 1 saturated heterocycles. The first kappa shape index (κ1) is 21.2. The van der Waals surface area contributed by atoms with E-state index in [4.69, 9.17) is 16.6 Å². The predicted octanol–water partition coefficient (Wildman–Crippen LogP) is 6.25. The van der Waals surface area contributed by atoms with Crippen molar-refractivity contribution in [1.29, 1.82) is 0 Å². The number of ether oxygens (including phenoxy) is 1. The molecule has 1 amide bonds. The smallest absolute Gasteiger partial charge is 0.457 e. The second kappa shape index (κ2) is 8.60. The molecule has 3 aromatic rings. The third-order valence-electron chi connectivity index (χ3n) is 4.34. The molecule has 0 N–H and O–H groups in total. The van der Waals surface area contributed by atoms with Gasteiger partial charge in [-0.05, 0) is 29.8 Å². The van der Waals surface area contributed by atoms with E-state index in [9.17, 15) is 18.0 Å². The van der Waals surface area contributed by atoms with Crippen molar-refractivity contribution in [3.8, 4) is 17.1 Å². The number of thiocarbonyl (C=S) groups is 1. The summed E-state index contributed by atoms with van der Waals surface area (Å²) in [5, 5.41) is 0. The Kier molecular flexibility index (Phi) is 5.88. The highest BCUT2D eigenvalue weighted by atomic mass is 32.2. The van der Waals surface area contributed by atoms with Crippen molar-refractivity contribution < 1.29 is 27.1 Å². The SMILES string of the molecule is O=C1C(=Cc2ccc(-c3ccccc3OC(F)(F)F)o2)SC(=S)N1Cc1ccccc1. The number of para-hydroxylation sites is 1. The van der Waals surface area contributed by atoms with Gasteiger partial charge in [0.25, 0.3) is 5.91 Å². The lowest BCUT2D eigenvalue weighted by Gasteiger charge is -2.14. The molecule has 1 fully saturated rings. The number of carbonyl (C=O) groups excluding carboxylic acids is 1. The summed E-state index contributed by atoms with van der Waals surface area (Å²) in [4.78, 5) is 14.6. The van der Waals surface area contributed by atoms with E-state index in [1.165, 1.54) is 35.2 Å². The maximum absolute atomic E-state index is 12.8. The number of hydrogen-bond donors (Lipinski definition) is 0. The molecule has 9 heteroatoms. The molecule has 0 spiro atoms. The van der Waals surface area contributed by atoms with Crippen LogP contribution >= 0.6 is 24.0 Å². The third kappa shape index (κ3) is 5.00. The fourth-order valence-electron chi connectivity index (χ4n) is 2.99. The standard InChI is InChI=1S/C22H14F3NO3S2/c23-22(24,25)29-18-9-5-4-8-16(18)17-11-10-15(28-17)12-19-20(27)26(21(30)31-19)13-14-6-2-1-3-7-14/h1-12H,13H2. The van der Waals surface area contributed by atoms with Crippen LogP contribution in [0.15, 0.2) is 76.1 Å². The molecule has 0 aliphatic carbocycles. The Morgan fingerprint density at radius 1 is 1.03 bits per heavy atom. The van der Waals surface area contributed by atoms with Crippen LogP contribution in [0.4, 0.5) is 13.2 Å². The van der Waals surface area contributed by atoms with Gasteiger partial charge in [0.05, 0.1) is 17.0 Å². The molecule has 1 aromatic heterocycles. The largest absolute Gasteiger partial charge is 0.573 e. The van der Waals surface area contributed by atoms with Crippen LogP contribution in [-0.2, 0) is 11.3 Å². The first-order valence-electron chi connectivity index (χ1n) is 9.04. The van der Waals surface area contributed by atoms with E-state index in [1.54, 1.807) is 12.1 Å². The number of carbonyl (C=O) groups is 1. The molecule has 0 bridgehead atoms. The van der Waals surface area contributed by atoms with Crippen molar-refractivity contribution >= 4 is 40.3 Å². The van der Waals surface area contributed by atoms with Gasteiger partial charge in [-0.3, -0.25) is 9.69 Å². The van der Waals surface area contributed by atoms with Crippen LogP contribution in [-0.4, -0.2) is 21.5 Å². The maximum Gasteiger partial charge on any atom is 0.573 e. The van der Waals surface area contributed by atoms with Gasteiger partial charge in [-0.2, -0.15) is 0 Å². The average Bonchev–Trinajstić information content (AvgIpc) is 3.28. The van der Waals surface area contributed by atoms with E-state index in [1.807, 2.05) is 30.3 Å². The van der Waals surface area contributed by atoms with E-state index < -0.39 is 6.36 Å². The van der Waals surface area contributed by atoms with Crippen LogP contribution in [0.3, 0.4) is 0 Å². The highest BCUT2D eigenvalue weighted by Crippen LogP contribution is 2.37. The molecule has 0 unspecified atom stereocenters. The zero-order chi connectivity index (χ0) is 22.0. The monoisotopic (exact) mass is 461 g/mol. The highest BCUT2D eigenvalue weighted by molar-refractivity contribution is 8.26. The normalized spacial score (nSPS) is 15.7. The number of alkyl halides is 3. The highest BCUT2D eigenvalue weighted by Gasteiger charge is 2.33. The zero-order valence-electron chi connectivity index (χ0n) is 15.8. The van der Waals surface area contributed by atoms with E-state index in [-0.39, 0.29) is 23.0 Å². The molecule has 0 saturated carbocycles. The van der Waals surface area contributed by atoms with E-state index in [0.717, 1.165) is 17.3 Å². The minimum Gasteiger partial charge on any atom is -0.457 e. The van der Waals surface area contributed by atoms with Crippen LogP contribution in [0.25, 0.3) is 17.4 Å². The van der Waals surface area contributed by atoms with Crippen LogP contribution in [0.2, 0.25) is 0 Å². The molecule has 2 heterocycles. The zero-order valence-corrected chi connectivity index (χ0v) is 17.4. The average molecular weight is 461 g/mol. The van der Waals surface area contributed by atoms with Gasteiger partial charge in [0.2, 0.25) is 0 Å². The molecule has 158 valence electrons. The van der Waals surface area contributed by atoms with Crippen LogP contribution < -0.4 is 4.74 Å². The Morgan fingerprint density at radius 2 is 1.74 bits per heavy atom. The number of thioether (sulfide) groups is 1. The molecule has 4 nitrogen and oxygen atoms in total. The summed E-state index contributed by atoms with van der Waals surface area (Å²) in [5.41, 5.74) is 1.10. The number of furan rings is 1. The summed E-state index contributed by atoms with van der Waals surface area (Å²) in [6, 6.07) is 18.2.